The number of aliphatic carboxylic acids is 1. The Morgan fingerprint density at radius 2 is 1.68 bits per heavy atom. The van der Waals surface area contributed by atoms with Crippen molar-refractivity contribution in [2.45, 2.75) is 46.2 Å². The highest BCUT2D eigenvalue weighted by Crippen LogP contribution is 2.09. The van der Waals surface area contributed by atoms with Crippen LogP contribution in [0.1, 0.15) is 34.1 Å². The van der Waals surface area contributed by atoms with E-state index in [1.165, 1.54) is 7.05 Å². The molecule has 0 aliphatic heterocycles. The Labute approximate surface area is 132 Å². The second-order valence-electron chi connectivity index (χ2n) is 6.29. The van der Waals surface area contributed by atoms with E-state index < -0.39 is 17.9 Å². The second-order valence-corrected chi connectivity index (χ2v) is 6.29. The molecule has 2 atom stereocenters. The summed E-state index contributed by atoms with van der Waals surface area (Å²) in [5, 5.41) is 14.5. The number of hydrogen-bond acceptors (Lipinski definition) is 4. The van der Waals surface area contributed by atoms with Crippen molar-refractivity contribution in [1.82, 2.24) is 15.5 Å². The first-order valence-electron chi connectivity index (χ1n) is 7.54. The normalized spacial score (nSPS) is 13.8. The third-order valence-electron chi connectivity index (χ3n) is 3.35. The molecular weight excluding hydrogens is 286 g/mol. The summed E-state index contributed by atoms with van der Waals surface area (Å²) >= 11 is 0. The van der Waals surface area contributed by atoms with E-state index in [1.54, 1.807) is 7.05 Å². The molecule has 0 rings (SSSR count). The van der Waals surface area contributed by atoms with Gasteiger partial charge in [-0.2, -0.15) is 0 Å². The van der Waals surface area contributed by atoms with Gasteiger partial charge in [0, 0.05) is 7.05 Å². The van der Waals surface area contributed by atoms with Crippen LogP contribution < -0.4 is 10.6 Å². The van der Waals surface area contributed by atoms with Gasteiger partial charge in [0.2, 0.25) is 11.8 Å². The van der Waals surface area contributed by atoms with E-state index in [1.807, 2.05) is 27.7 Å². The Balaban J connectivity index is 4.93. The van der Waals surface area contributed by atoms with Gasteiger partial charge in [0.15, 0.2) is 0 Å². The lowest BCUT2D eigenvalue weighted by atomic mass is 10.00. The lowest BCUT2D eigenvalue weighted by molar-refractivity contribution is -0.145. The third-order valence-corrected chi connectivity index (χ3v) is 3.35. The SMILES string of the molecule is CN[C@@H](CC(C)C)C(=O)N[C@H](C(=O)N(C)CC(=O)O)C(C)C. The van der Waals surface area contributed by atoms with Gasteiger partial charge in [0.1, 0.15) is 12.6 Å². The van der Waals surface area contributed by atoms with Gasteiger partial charge in [-0.1, -0.05) is 27.7 Å². The smallest absolute Gasteiger partial charge is 0.323 e. The first kappa shape index (κ1) is 20.4. The number of carbonyl (C=O) groups excluding carboxylic acids is 2. The summed E-state index contributed by atoms with van der Waals surface area (Å²) in [4.78, 5) is 36.5. The van der Waals surface area contributed by atoms with Crippen LogP contribution in [0.3, 0.4) is 0 Å². The molecule has 0 spiro atoms. The largest absolute Gasteiger partial charge is 0.480 e. The van der Waals surface area contributed by atoms with Crippen LogP contribution in [0.25, 0.3) is 0 Å². The molecule has 2 amide bonds. The summed E-state index contributed by atoms with van der Waals surface area (Å²) in [5.41, 5.74) is 0. The van der Waals surface area contributed by atoms with E-state index in [-0.39, 0.29) is 24.4 Å². The zero-order valence-corrected chi connectivity index (χ0v) is 14.3. The highest BCUT2D eigenvalue weighted by molar-refractivity contribution is 5.91. The lowest BCUT2D eigenvalue weighted by Gasteiger charge is -2.28. The molecule has 0 aliphatic rings. The zero-order chi connectivity index (χ0) is 17.4. The van der Waals surface area contributed by atoms with Crippen LogP contribution in [-0.2, 0) is 14.4 Å². The zero-order valence-electron chi connectivity index (χ0n) is 14.3. The molecule has 0 saturated heterocycles. The number of likely N-dealkylation sites (N-methyl/N-ethyl adjacent to an activating group) is 2. The molecule has 7 nitrogen and oxygen atoms in total. The maximum Gasteiger partial charge on any atom is 0.323 e. The molecular formula is C15H29N3O4. The van der Waals surface area contributed by atoms with E-state index in [4.69, 9.17) is 5.11 Å². The van der Waals surface area contributed by atoms with Crippen LogP contribution in [0.5, 0.6) is 0 Å². The van der Waals surface area contributed by atoms with Crippen molar-refractivity contribution in [2.75, 3.05) is 20.6 Å². The van der Waals surface area contributed by atoms with Crippen molar-refractivity contribution in [3.63, 3.8) is 0 Å². The Bertz CT molecular complexity index is 396. The van der Waals surface area contributed by atoms with Gasteiger partial charge in [-0.25, -0.2) is 0 Å². The highest BCUT2D eigenvalue weighted by atomic mass is 16.4. The predicted octanol–water partition coefficient (Wildman–Crippen LogP) is 0.304. The molecule has 0 aromatic rings. The van der Waals surface area contributed by atoms with Crippen molar-refractivity contribution < 1.29 is 19.5 Å². The quantitative estimate of drug-likeness (QED) is 0.568. The topological polar surface area (TPSA) is 98.7 Å². The molecule has 22 heavy (non-hydrogen) atoms. The minimum Gasteiger partial charge on any atom is -0.480 e. The standard InChI is InChI=1S/C15H29N3O4/c1-9(2)7-11(16-5)14(21)17-13(10(3)4)15(22)18(6)8-12(19)20/h9-11,13,16H,7-8H2,1-6H3,(H,17,21)(H,19,20)/t11-,13-/m0/s1. The minimum absolute atomic E-state index is 0.135. The van der Waals surface area contributed by atoms with Gasteiger partial charge in [-0.05, 0) is 25.3 Å². The van der Waals surface area contributed by atoms with Crippen LogP contribution in [-0.4, -0.2) is 60.5 Å². The number of nitrogens with one attached hydrogen (secondary N) is 2. The number of hydrogen-bond donors (Lipinski definition) is 3. The van der Waals surface area contributed by atoms with Crippen molar-refractivity contribution in [1.29, 1.82) is 0 Å². The predicted molar refractivity (Wildman–Crippen MR) is 84.3 cm³/mol. The number of amides is 2. The molecule has 3 N–H and O–H groups in total. The second kappa shape index (κ2) is 9.40. The molecule has 0 fully saturated rings. The molecule has 0 aliphatic carbocycles. The molecule has 0 aromatic heterocycles. The summed E-state index contributed by atoms with van der Waals surface area (Å²) < 4.78 is 0. The van der Waals surface area contributed by atoms with Gasteiger partial charge in [0.05, 0.1) is 6.04 Å². The van der Waals surface area contributed by atoms with Gasteiger partial charge >= 0.3 is 5.97 Å². The van der Waals surface area contributed by atoms with Crippen molar-refractivity contribution in [3.8, 4) is 0 Å². The fraction of sp³-hybridized carbons (Fsp3) is 0.800. The molecule has 0 saturated carbocycles. The average Bonchev–Trinajstić information content (AvgIpc) is 2.39. The van der Waals surface area contributed by atoms with E-state index in [0.29, 0.717) is 12.3 Å². The Hall–Kier alpha value is -1.63. The number of nitrogens with zero attached hydrogens (tertiary/aromatic N) is 1. The van der Waals surface area contributed by atoms with E-state index in [2.05, 4.69) is 10.6 Å². The van der Waals surface area contributed by atoms with Crippen LogP contribution in [0.2, 0.25) is 0 Å². The monoisotopic (exact) mass is 315 g/mol. The fourth-order valence-electron chi connectivity index (χ4n) is 2.11. The molecule has 0 radical (unpaired) electrons. The van der Waals surface area contributed by atoms with Gasteiger partial charge in [-0.15, -0.1) is 0 Å². The fourth-order valence-corrected chi connectivity index (χ4v) is 2.11. The maximum absolute atomic E-state index is 12.3. The van der Waals surface area contributed by atoms with Crippen LogP contribution in [0.4, 0.5) is 0 Å². The van der Waals surface area contributed by atoms with E-state index in [0.717, 1.165) is 4.90 Å². The maximum atomic E-state index is 12.3. The highest BCUT2D eigenvalue weighted by Gasteiger charge is 2.30. The number of carbonyl (C=O) groups is 3. The number of rotatable bonds is 9. The first-order valence-corrected chi connectivity index (χ1v) is 7.54. The summed E-state index contributed by atoms with van der Waals surface area (Å²) in [6, 6.07) is -1.11. The summed E-state index contributed by atoms with van der Waals surface area (Å²) in [7, 11) is 3.12. The van der Waals surface area contributed by atoms with Crippen molar-refractivity contribution in [2.24, 2.45) is 11.8 Å². The van der Waals surface area contributed by atoms with Gasteiger partial charge in [0.25, 0.3) is 0 Å². The van der Waals surface area contributed by atoms with Gasteiger partial charge in [-0.3, -0.25) is 14.4 Å². The van der Waals surface area contributed by atoms with Crippen molar-refractivity contribution in [3.05, 3.63) is 0 Å². The summed E-state index contributed by atoms with van der Waals surface area (Å²) in [6.45, 7) is 7.27. The Kier molecular flexibility index (Phi) is 8.70. The average molecular weight is 315 g/mol. The molecule has 0 unspecified atom stereocenters. The molecule has 7 heteroatoms. The van der Waals surface area contributed by atoms with E-state index >= 15 is 0 Å². The molecule has 0 aromatic carbocycles. The number of carboxylic acids is 1. The van der Waals surface area contributed by atoms with Crippen LogP contribution in [0, 0.1) is 11.8 Å². The lowest BCUT2D eigenvalue weighted by Crippen LogP contribution is -2.55. The first-order chi connectivity index (χ1) is 10.1. The molecule has 0 bridgehead atoms. The van der Waals surface area contributed by atoms with Crippen LogP contribution in [0.15, 0.2) is 0 Å². The summed E-state index contributed by atoms with van der Waals surface area (Å²) in [6.07, 6.45) is 0.659. The van der Waals surface area contributed by atoms with Gasteiger partial charge < -0.3 is 20.6 Å². The van der Waals surface area contributed by atoms with Crippen LogP contribution >= 0.6 is 0 Å². The minimum atomic E-state index is -1.09. The molecule has 0 heterocycles. The Morgan fingerprint density at radius 3 is 2.05 bits per heavy atom. The van der Waals surface area contributed by atoms with E-state index in [9.17, 15) is 14.4 Å². The third kappa shape index (κ3) is 6.89. The van der Waals surface area contributed by atoms with Crippen molar-refractivity contribution >= 4 is 17.8 Å². The number of carboxylic acid groups (broad SMARTS) is 1. The Morgan fingerprint density at radius 1 is 1.14 bits per heavy atom. The summed E-state index contributed by atoms with van der Waals surface area (Å²) in [5.74, 6) is -1.52. The molecule has 128 valence electrons.